The van der Waals surface area contributed by atoms with Gasteiger partial charge in [0.05, 0.1) is 12.4 Å². The summed E-state index contributed by atoms with van der Waals surface area (Å²) in [7, 11) is 0. The van der Waals surface area contributed by atoms with Gasteiger partial charge in [-0.05, 0) is 47.6 Å². The molecule has 0 aliphatic rings. The number of nitrogens with one attached hydrogen (secondary N) is 2. The van der Waals surface area contributed by atoms with Crippen molar-refractivity contribution in [3.63, 3.8) is 0 Å². The van der Waals surface area contributed by atoms with Crippen molar-refractivity contribution in [1.82, 2.24) is 10.9 Å². The van der Waals surface area contributed by atoms with Gasteiger partial charge in [0.2, 0.25) is 5.11 Å². The highest BCUT2D eigenvalue weighted by molar-refractivity contribution is 7.80. The highest BCUT2D eigenvalue weighted by Gasteiger charge is 1.92. The summed E-state index contributed by atoms with van der Waals surface area (Å²) in [4.78, 5) is 0. The Balaban J connectivity index is 1.78. The molecule has 0 aliphatic carbocycles. The van der Waals surface area contributed by atoms with E-state index in [0.29, 0.717) is 10.0 Å². The molecule has 0 heterocycles. The molecular formula is C15H12Cl2N4S. The minimum Gasteiger partial charge on any atom is -0.252 e. The van der Waals surface area contributed by atoms with Crippen LogP contribution in [0.25, 0.3) is 0 Å². The molecule has 4 nitrogen and oxygen atoms in total. The van der Waals surface area contributed by atoms with Crippen LogP contribution in [0.15, 0.2) is 58.7 Å². The molecule has 2 aromatic rings. The van der Waals surface area contributed by atoms with E-state index >= 15 is 0 Å². The second-order valence-corrected chi connectivity index (χ2v) is 5.45. The molecule has 112 valence electrons. The Morgan fingerprint density at radius 1 is 0.773 bits per heavy atom. The van der Waals surface area contributed by atoms with Crippen LogP contribution < -0.4 is 10.9 Å². The molecule has 0 saturated heterocycles. The third kappa shape index (κ3) is 5.81. The first-order chi connectivity index (χ1) is 10.6. The zero-order valence-corrected chi connectivity index (χ0v) is 13.7. The van der Waals surface area contributed by atoms with Crippen LogP contribution in [0.1, 0.15) is 11.1 Å². The topological polar surface area (TPSA) is 48.8 Å². The molecule has 0 amide bonds. The van der Waals surface area contributed by atoms with Gasteiger partial charge >= 0.3 is 0 Å². The molecular weight excluding hydrogens is 339 g/mol. The van der Waals surface area contributed by atoms with E-state index in [-0.39, 0.29) is 5.11 Å². The summed E-state index contributed by atoms with van der Waals surface area (Å²) in [6, 6.07) is 14.5. The predicted molar refractivity (Wildman–Crippen MR) is 97.0 cm³/mol. The van der Waals surface area contributed by atoms with Crippen LogP contribution in [-0.2, 0) is 0 Å². The van der Waals surface area contributed by atoms with E-state index < -0.39 is 0 Å². The monoisotopic (exact) mass is 350 g/mol. The first kappa shape index (κ1) is 16.4. The van der Waals surface area contributed by atoms with E-state index in [2.05, 4.69) is 21.1 Å². The van der Waals surface area contributed by atoms with Crippen molar-refractivity contribution >= 4 is 53.0 Å². The summed E-state index contributed by atoms with van der Waals surface area (Å²) in [5.41, 5.74) is 7.14. The lowest BCUT2D eigenvalue weighted by atomic mass is 10.2. The van der Waals surface area contributed by atoms with Crippen molar-refractivity contribution in [2.75, 3.05) is 0 Å². The minimum atomic E-state index is 0.287. The number of thiocarbonyl (C=S) groups is 1. The number of halogens is 2. The average Bonchev–Trinajstić information content (AvgIpc) is 2.51. The quantitative estimate of drug-likeness (QED) is 0.500. The number of rotatable bonds is 4. The van der Waals surface area contributed by atoms with Gasteiger partial charge in [-0.25, -0.2) is 0 Å². The van der Waals surface area contributed by atoms with Crippen LogP contribution in [0.2, 0.25) is 10.0 Å². The second-order valence-electron chi connectivity index (χ2n) is 4.17. The minimum absolute atomic E-state index is 0.287. The fourth-order valence-corrected chi connectivity index (χ4v) is 1.81. The van der Waals surface area contributed by atoms with Gasteiger partial charge in [-0.1, -0.05) is 47.5 Å². The number of hydrogen-bond donors (Lipinski definition) is 2. The third-order valence-corrected chi connectivity index (χ3v) is 3.19. The standard InChI is InChI=1S/C15H12Cl2N4S/c16-13-5-1-11(2-6-13)9-18-20-15(22)21-19-10-12-3-7-14(17)8-4-12/h1-10H,(H2,20,21,22). The molecule has 2 aromatic carbocycles. The highest BCUT2D eigenvalue weighted by Crippen LogP contribution is 2.08. The Bertz CT molecular complexity index is 622. The molecule has 2 rings (SSSR count). The Hall–Kier alpha value is -1.95. The molecule has 7 heteroatoms. The average molecular weight is 351 g/mol. The Morgan fingerprint density at radius 2 is 1.14 bits per heavy atom. The number of benzene rings is 2. The third-order valence-electron chi connectivity index (χ3n) is 2.50. The van der Waals surface area contributed by atoms with Crippen LogP contribution >= 0.6 is 35.4 Å². The second kappa shape index (κ2) is 8.48. The number of nitrogens with zero attached hydrogens (tertiary/aromatic N) is 2. The van der Waals surface area contributed by atoms with Crippen molar-refractivity contribution in [2.45, 2.75) is 0 Å². The summed E-state index contributed by atoms with van der Waals surface area (Å²) in [5, 5.41) is 9.64. The van der Waals surface area contributed by atoms with Crippen LogP contribution in [0.5, 0.6) is 0 Å². The highest BCUT2D eigenvalue weighted by atomic mass is 35.5. The lowest BCUT2D eigenvalue weighted by Gasteiger charge is -2.01. The van der Waals surface area contributed by atoms with E-state index in [1.807, 2.05) is 24.3 Å². The number of hydrazone groups is 2. The molecule has 0 fully saturated rings. The van der Waals surface area contributed by atoms with Gasteiger partial charge in [0.1, 0.15) is 0 Å². The smallest absolute Gasteiger partial charge is 0.207 e. The maximum Gasteiger partial charge on any atom is 0.207 e. The molecule has 2 N–H and O–H groups in total. The van der Waals surface area contributed by atoms with Crippen LogP contribution in [-0.4, -0.2) is 17.5 Å². The lowest BCUT2D eigenvalue weighted by molar-refractivity contribution is 0.935. The van der Waals surface area contributed by atoms with Crippen molar-refractivity contribution in [3.05, 3.63) is 69.7 Å². The Kier molecular flexibility index (Phi) is 6.33. The van der Waals surface area contributed by atoms with Crippen molar-refractivity contribution < 1.29 is 0 Å². The normalized spacial score (nSPS) is 11.0. The van der Waals surface area contributed by atoms with E-state index in [1.54, 1.807) is 36.7 Å². The molecule has 0 saturated carbocycles. The van der Waals surface area contributed by atoms with Crippen molar-refractivity contribution in [3.8, 4) is 0 Å². The van der Waals surface area contributed by atoms with Gasteiger partial charge < -0.3 is 0 Å². The van der Waals surface area contributed by atoms with E-state index in [9.17, 15) is 0 Å². The molecule has 0 aromatic heterocycles. The van der Waals surface area contributed by atoms with Crippen LogP contribution in [0.3, 0.4) is 0 Å². The fraction of sp³-hybridized carbons (Fsp3) is 0. The van der Waals surface area contributed by atoms with E-state index in [1.165, 1.54) is 0 Å². The summed E-state index contributed by atoms with van der Waals surface area (Å²) >= 11 is 16.6. The van der Waals surface area contributed by atoms with Crippen LogP contribution in [0.4, 0.5) is 0 Å². The summed E-state index contributed by atoms with van der Waals surface area (Å²) in [5.74, 6) is 0. The zero-order chi connectivity index (χ0) is 15.8. The van der Waals surface area contributed by atoms with Gasteiger partial charge in [-0.2, -0.15) is 10.2 Å². The molecule has 22 heavy (non-hydrogen) atoms. The summed E-state index contributed by atoms with van der Waals surface area (Å²) < 4.78 is 0. The maximum atomic E-state index is 5.80. The SMILES string of the molecule is S=C(NN=Cc1ccc(Cl)cc1)NN=Cc1ccc(Cl)cc1. The summed E-state index contributed by atoms with van der Waals surface area (Å²) in [6.45, 7) is 0. The Labute approximate surface area is 143 Å². The molecule has 0 unspecified atom stereocenters. The first-order valence-corrected chi connectivity index (χ1v) is 7.43. The summed E-state index contributed by atoms with van der Waals surface area (Å²) in [6.07, 6.45) is 3.26. The fourth-order valence-electron chi connectivity index (χ4n) is 1.45. The number of hydrogen-bond acceptors (Lipinski definition) is 3. The van der Waals surface area contributed by atoms with E-state index in [4.69, 9.17) is 35.4 Å². The van der Waals surface area contributed by atoms with Gasteiger partial charge in [0, 0.05) is 10.0 Å². The van der Waals surface area contributed by atoms with Gasteiger partial charge in [0.25, 0.3) is 0 Å². The molecule has 0 aliphatic heterocycles. The Morgan fingerprint density at radius 3 is 1.50 bits per heavy atom. The van der Waals surface area contributed by atoms with Crippen LogP contribution in [0, 0.1) is 0 Å². The van der Waals surface area contributed by atoms with Gasteiger partial charge in [0.15, 0.2) is 0 Å². The van der Waals surface area contributed by atoms with E-state index in [0.717, 1.165) is 11.1 Å². The molecule has 0 bridgehead atoms. The molecule has 0 radical (unpaired) electrons. The largest absolute Gasteiger partial charge is 0.252 e. The lowest BCUT2D eigenvalue weighted by Crippen LogP contribution is -2.28. The van der Waals surface area contributed by atoms with Gasteiger partial charge in [-0.3, -0.25) is 10.9 Å². The zero-order valence-electron chi connectivity index (χ0n) is 11.3. The van der Waals surface area contributed by atoms with Crippen molar-refractivity contribution in [1.29, 1.82) is 0 Å². The maximum absolute atomic E-state index is 5.80. The first-order valence-electron chi connectivity index (χ1n) is 6.27. The molecule has 0 spiro atoms. The van der Waals surface area contributed by atoms with Gasteiger partial charge in [-0.15, -0.1) is 0 Å². The van der Waals surface area contributed by atoms with Crippen molar-refractivity contribution in [2.24, 2.45) is 10.2 Å². The molecule has 0 atom stereocenters. The predicted octanol–water partition coefficient (Wildman–Crippen LogP) is 3.83.